The first-order valence-electron chi connectivity index (χ1n) is 10.7. The predicted octanol–water partition coefficient (Wildman–Crippen LogP) is 4.15. The number of aromatic nitrogens is 5. The summed E-state index contributed by atoms with van der Waals surface area (Å²) in [5, 5.41) is 19.2. The van der Waals surface area contributed by atoms with Crippen LogP contribution in [0.4, 0.5) is 5.82 Å². The van der Waals surface area contributed by atoms with E-state index in [9.17, 15) is 4.79 Å². The zero-order chi connectivity index (χ0) is 21.2. The van der Waals surface area contributed by atoms with E-state index < -0.39 is 0 Å². The van der Waals surface area contributed by atoms with Crippen LogP contribution >= 0.6 is 0 Å². The van der Waals surface area contributed by atoms with Gasteiger partial charge >= 0.3 is 0 Å². The normalized spacial score (nSPS) is 18.7. The molecule has 3 aromatic heterocycles. The van der Waals surface area contributed by atoms with Gasteiger partial charge in [-0.2, -0.15) is 10.2 Å². The molecule has 7 heteroatoms. The summed E-state index contributed by atoms with van der Waals surface area (Å²) in [6.45, 7) is 1.98. The molecule has 7 nitrogen and oxygen atoms in total. The van der Waals surface area contributed by atoms with Crippen molar-refractivity contribution in [2.45, 2.75) is 44.7 Å². The van der Waals surface area contributed by atoms with Gasteiger partial charge in [-0.25, -0.2) is 4.68 Å². The van der Waals surface area contributed by atoms with Crippen LogP contribution in [-0.2, 0) is 0 Å². The molecule has 0 saturated heterocycles. The molecule has 5 rings (SSSR count). The number of pyridine rings is 1. The van der Waals surface area contributed by atoms with Crippen LogP contribution in [0.25, 0.3) is 22.0 Å². The highest BCUT2D eigenvalue weighted by molar-refractivity contribution is 5.92. The third-order valence-electron chi connectivity index (χ3n) is 6.06. The van der Waals surface area contributed by atoms with Crippen LogP contribution < -0.4 is 10.9 Å². The smallest absolute Gasteiger partial charge is 0.267 e. The Morgan fingerprint density at radius 1 is 0.903 bits per heavy atom. The third-order valence-corrected chi connectivity index (χ3v) is 6.06. The average molecular weight is 412 g/mol. The van der Waals surface area contributed by atoms with Gasteiger partial charge in [0.1, 0.15) is 0 Å². The summed E-state index contributed by atoms with van der Waals surface area (Å²) in [6.07, 6.45) is 7.15. The van der Waals surface area contributed by atoms with Gasteiger partial charge in [-0.3, -0.25) is 9.78 Å². The van der Waals surface area contributed by atoms with E-state index in [4.69, 9.17) is 0 Å². The number of aryl methyl sites for hydroxylation is 1. The van der Waals surface area contributed by atoms with Crippen LogP contribution in [0, 0.1) is 6.92 Å². The van der Waals surface area contributed by atoms with Crippen molar-refractivity contribution in [3.05, 3.63) is 77.0 Å². The first-order chi connectivity index (χ1) is 15.2. The van der Waals surface area contributed by atoms with Gasteiger partial charge in [-0.1, -0.05) is 24.3 Å². The van der Waals surface area contributed by atoms with E-state index in [-0.39, 0.29) is 11.6 Å². The van der Waals surface area contributed by atoms with E-state index >= 15 is 0 Å². The summed E-state index contributed by atoms with van der Waals surface area (Å²) < 4.78 is 1.66. The van der Waals surface area contributed by atoms with Crippen LogP contribution in [0.5, 0.6) is 0 Å². The second-order valence-corrected chi connectivity index (χ2v) is 8.07. The maximum Gasteiger partial charge on any atom is 0.267 e. The number of nitrogens with one attached hydrogen (secondary N) is 1. The summed E-state index contributed by atoms with van der Waals surface area (Å²) in [5.74, 6) is 0.833. The van der Waals surface area contributed by atoms with Gasteiger partial charge in [-0.05, 0) is 50.8 Å². The van der Waals surface area contributed by atoms with Crippen molar-refractivity contribution in [2.75, 3.05) is 5.32 Å². The zero-order valence-corrected chi connectivity index (χ0v) is 17.4. The Labute approximate surface area is 180 Å². The Hall–Kier alpha value is -3.61. The topological polar surface area (TPSA) is 85.6 Å². The van der Waals surface area contributed by atoms with Crippen molar-refractivity contribution in [1.29, 1.82) is 0 Å². The van der Waals surface area contributed by atoms with Crippen LogP contribution in [0.1, 0.15) is 37.4 Å². The van der Waals surface area contributed by atoms with Crippen molar-refractivity contribution in [3.8, 4) is 11.3 Å². The van der Waals surface area contributed by atoms with Crippen molar-refractivity contribution >= 4 is 16.6 Å². The Morgan fingerprint density at radius 3 is 2.42 bits per heavy atom. The van der Waals surface area contributed by atoms with Crippen molar-refractivity contribution in [1.82, 2.24) is 25.0 Å². The number of anilines is 1. The Morgan fingerprint density at radius 2 is 1.65 bits per heavy atom. The van der Waals surface area contributed by atoms with Gasteiger partial charge in [0.05, 0.1) is 17.4 Å². The van der Waals surface area contributed by atoms with E-state index in [1.807, 2.05) is 31.2 Å². The molecule has 0 atom stereocenters. The molecule has 0 radical (unpaired) electrons. The van der Waals surface area contributed by atoms with Crippen LogP contribution in [0.3, 0.4) is 0 Å². The fraction of sp³-hybridized carbons (Fsp3) is 0.292. The molecule has 1 aromatic carbocycles. The van der Waals surface area contributed by atoms with Gasteiger partial charge in [-0.15, -0.1) is 5.10 Å². The lowest BCUT2D eigenvalue weighted by molar-refractivity contribution is 0.304. The standard InChI is InChI=1S/C24H24N6O/c1-16-20-4-2-3-5-21(20)24(28-27-16)26-18-6-8-19(9-7-18)30-23(31)11-10-22(29-30)17-12-14-25-15-13-17/h2-5,10-15,18-19H,6-9H2,1H3,(H,26,28). The van der Waals surface area contributed by atoms with E-state index in [2.05, 4.69) is 37.7 Å². The highest BCUT2D eigenvalue weighted by Crippen LogP contribution is 2.31. The lowest BCUT2D eigenvalue weighted by Gasteiger charge is -2.30. The highest BCUT2D eigenvalue weighted by atomic mass is 16.1. The Balaban J connectivity index is 1.32. The average Bonchev–Trinajstić information content (AvgIpc) is 2.83. The Kier molecular flexibility index (Phi) is 5.16. The van der Waals surface area contributed by atoms with Gasteiger partial charge < -0.3 is 5.32 Å². The largest absolute Gasteiger partial charge is 0.365 e. The van der Waals surface area contributed by atoms with Crippen molar-refractivity contribution < 1.29 is 0 Å². The maximum absolute atomic E-state index is 12.5. The van der Waals surface area contributed by atoms with Crippen molar-refractivity contribution in [3.63, 3.8) is 0 Å². The minimum absolute atomic E-state index is 0.0513. The molecule has 0 bridgehead atoms. The van der Waals surface area contributed by atoms with E-state index in [1.54, 1.807) is 29.2 Å². The molecule has 1 fully saturated rings. The van der Waals surface area contributed by atoms with Gasteiger partial charge in [0.25, 0.3) is 5.56 Å². The number of hydrogen-bond donors (Lipinski definition) is 1. The molecule has 1 aliphatic carbocycles. The minimum Gasteiger partial charge on any atom is -0.365 e. The van der Waals surface area contributed by atoms with Crippen LogP contribution in [-0.4, -0.2) is 31.0 Å². The molecule has 0 spiro atoms. The minimum atomic E-state index is -0.0513. The molecular formula is C24H24N6O. The SMILES string of the molecule is Cc1nnc(NC2CCC(n3nc(-c4ccncc4)ccc3=O)CC2)c2ccccc12. The summed E-state index contributed by atoms with van der Waals surface area (Å²) in [5.41, 5.74) is 2.64. The van der Waals surface area contributed by atoms with Gasteiger partial charge in [0.15, 0.2) is 5.82 Å². The molecule has 156 valence electrons. The molecule has 0 aliphatic heterocycles. The summed E-state index contributed by atoms with van der Waals surface area (Å²) in [4.78, 5) is 16.6. The number of hydrogen-bond acceptors (Lipinski definition) is 6. The fourth-order valence-electron chi connectivity index (χ4n) is 4.37. The molecule has 1 saturated carbocycles. The fourth-order valence-corrected chi connectivity index (χ4v) is 4.37. The molecule has 1 aliphatic rings. The van der Waals surface area contributed by atoms with E-state index in [1.165, 1.54) is 0 Å². The van der Waals surface area contributed by atoms with E-state index in [0.29, 0.717) is 6.04 Å². The molecule has 0 unspecified atom stereocenters. The molecular weight excluding hydrogens is 388 g/mol. The first kappa shape index (κ1) is 19.4. The number of benzene rings is 1. The summed E-state index contributed by atoms with van der Waals surface area (Å²) in [6, 6.07) is 15.8. The number of nitrogens with zero attached hydrogens (tertiary/aromatic N) is 5. The quantitative estimate of drug-likeness (QED) is 0.542. The first-order valence-corrected chi connectivity index (χ1v) is 10.7. The summed E-state index contributed by atoms with van der Waals surface area (Å²) in [7, 11) is 0. The van der Waals surface area contributed by atoms with Gasteiger partial charge in [0, 0.05) is 40.8 Å². The summed E-state index contributed by atoms with van der Waals surface area (Å²) >= 11 is 0. The van der Waals surface area contributed by atoms with Gasteiger partial charge in [0.2, 0.25) is 0 Å². The second kappa shape index (κ2) is 8.26. The molecule has 4 aromatic rings. The number of fused-ring (bicyclic) bond motifs is 1. The molecule has 31 heavy (non-hydrogen) atoms. The molecule has 3 heterocycles. The van der Waals surface area contributed by atoms with E-state index in [0.717, 1.165) is 59.2 Å². The highest BCUT2D eigenvalue weighted by Gasteiger charge is 2.25. The lowest BCUT2D eigenvalue weighted by atomic mass is 9.91. The lowest BCUT2D eigenvalue weighted by Crippen LogP contribution is -2.33. The maximum atomic E-state index is 12.5. The Bertz CT molecular complexity index is 1260. The monoisotopic (exact) mass is 412 g/mol. The van der Waals surface area contributed by atoms with Crippen molar-refractivity contribution in [2.24, 2.45) is 0 Å². The second-order valence-electron chi connectivity index (χ2n) is 8.07. The van der Waals surface area contributed by atoms with Crippen LogP contribution in [0.2, 0.25) is 0 Å². The number of rotatable bonds is 4. The molecule has 1 N–H and O–H groups in total. The van der Waals surface area contributed by atoms with Crippen LogP contribution in [0.15, 0.2) is 65.7 Å². The molecule has 0 amide bonds. The predicted molar refractivity (Wildman–Crippen MR) is 121 cm³/mol. The third kappa shape index (κ3) is 3.91. The zero-order valence-electron chi connectivity index (χ0n) is 17.4.